The minimum absolute atomic E-state index is 0.0555. The van der Waals surface area contributed by atoms with Gasteiger partial charge in [-0.15, -0.1) is 0 Å². The molecule has 1 saturated heterocycles. The lowest BCUT2D eigenvalue weighted by molar-refractivity contribution is -0.120. The van der Waals surface area contributed by atoms with Crippen LogP contribution in [-0.2, 0) is 22.6 Å². The van der Waals surface area contributed by atoms with Crippen molar-refractivity contribution < 1.29 is 9.59 Å². The Morgan fingerprint density at radius 1 is 1.00 bits per heavy atom. The lowest BCUT2D eigenvalue weighted by Gasteiger charge is -2.17. The highest BCUT2D eigenvalue weighted by Gasteiger charge is 2.22. The van der Waals surface area contributed by atoms with Gasteiger partial charge in [0, 0.05) is 36.3 Å². The summed E-state index contributed by atoms with van der Waals surface area (Å²) in [7, 11) is 0. The largest absolute Gasteiger partial charge is 0.352 e. The number of carbonyl (C=O) groups excluding carboxylic acids is 2. The third kappa shape index (κ3) is 4.42. The zero-order chi connectivity index (χ0) is 23.5. The molecule has 0 radical (unpaired) electrons. The number of benzene rings is 3. The van der Waals surface area contributed by atoms with Gasteiger partial charge in [0.1, 0.15) is 0 Å². The molecular weight excluding hydrogens is 422 g/mol. The maximum atomic E-state index is 13.0. The molecule has 3 aromatic carbocycles. The number of nitrogens with one attached hydrogen (secondary N) is 1. The van der Waals surface area contributed by atoms with Gasteiger partial charge in [-0.3, -0.25) is 14.6 Å². The standard InChI is InChI=1S/C29H27N3O2/c1-20-25(29(22-10-3-2-4-11-22)24-13-5-6-14-26(24)31-20)18-27(33)30-19-21-9-7-12-23(17-21)32-16-8-15-28(32)34/h2-7,9-14,17H,8,15-16,18-19H2,1H3,(H,30,33). The Morgan fingerprint density at radius 2 is 1.79 bits per heavy atom. The van der Waals surface area contributed by atoms with E-state index in [4.69, 9.17) is 4.98 Å². The number of aryl methyl sites for hydroxylation is 1. The number of nitrogens with zero attached hydrogens (tertiary/aromatic N) is 2. The Hall–Kier alpha value is -3.99. The van der Waals surface area contributed by atoms with Crippen LogP contribution in [-0.4, -0.2) is 23.3 Å². The van der Waals surface area contributed by atoms with Gasteiger partial charge >= 0.3 is 0 Å². The summed E-state index contributed by atoms with van der Waals surface area (Å²) in [5.41, 5.74) is 6.75. The second kappa shape index (κ2) is 9.48. The number of rotatable bonds is 6. The molecule has 5 rings (SSSR count). The Balaban J connectivity index is 1.38. The quantitative estimate of drug-likeness (QED) is 0.440. The zero-order valence-electron chi connectivity index (χ0n) is 19.3. The Kier molecular flexibility index (Phi) is 6.09. The van der Waals surface area contributed by atoms with Crippen LogP contribution in [0, 0.1) is 6.92 Å². The van der Waals surface area contributed by atoms with Gasteiger partial charge in [-0.1, -0.05) is 60.7 Å². The first-order valence-electron chi connectivity index (χ1n) is 11.7. The molecule has 0 saturated carbocycles. The number of hydrogen-bond donors (Lipinski definition) is 1. The molecule has 1 aliphatic heterocycles. The molecule has 1 aliphatic rings. The van der Waals surface area contributed by atoms with E-state index < -0.39 is 0 Å². The van der Waals surface area contributed by atoms with Crippen LogP contribution in [0.2, 0.25) is 0 Å². The Morgan fingerprint density at radius 3 is 2.59 bits per heavy atom. The summed E-state index contributed by atoms with van der Waals surface area (Å²) < 4.78 is 0. The normalized spacial score (nSPS) is 13.4. The minimum Gasteiger partial charge on any atom is -0.352 e. The molecule has 170 valence electrons. The summed E-state index contributed by atoms with van der Waals surface area (Å²) in [6, 6.07) is 26.1. The third-order valence-electron chi connectivity index (χ3n) is 6.39. The predicted molar refractivity (Wildman–Crippen MR) is 135 cm³/mol. The summed E-state index contributed by atoms with van der Waals surface area (Å²) in [4.78, 5) is 31.7. The number of pyridine rings is 1. The molecule has 1 N–H and O–H groups in total. The zero-order valence-corrected chi connectivity index (χ0v) is 19.3. The second-order valence-electron chi connectivity index (χ2n) is 8.71. The first-order chi connectivity index (χ1) is 16.6. The van der Waals surface area contributed by atoms with E-state index in [0.29, 0.717) is 13.0 Å². The van der Waals surface area contributed by atoms with E-state index in [9.17, 15) is 9.59 Å². The van der Waals surface area contributed by atoms with Crippen LogP contribution < -0.4 is 10.2 Å². The average Bonchev–Trinajstić information content (AvgIpc) is 3.30. The monoisotopic (exact) mass is 449 g/mol. The Labute approximate surface area is 199 Å². The lowest BCUT2D eigenvalue weighted by atomic mass is 9.92. The molecule has 5 heteroatoms. The van der Waals surface area contributed by atoms with Crippen LogP contribution in [0.1, 0.15) is 29.7 Å². The van der Waals surface area contributed by atoms with E-state index in [1.54, 1.807) is 0 Å². The van der Waals surface area contributed by atoms with Crippen LogP contribution in [0.15, 0.2) is 78.9 Å². The number of carbonyl (C=O) groups is 2. The average molecular weight is 450 g/mol. The van der Waals surface area contributed by atoms with E-state index in [1.807, 2.05) is 72.5 Å². The number of anilines is 1. The van der Waals surface area contributed by atoms with Crippen LogP contribution in [0.4, 0.5) is 5.69 Å². The molecule has 5 nitrogen and oxygen atoms in total. The van der Waals surface area contributed by atoms with E-state index in [-0.39, 0.29) is 18.2 Å². The van der Waals surface area contributed by atoms with Gasteiger partial charge in [0.15, 0.2) is 0 Å². The molecule has 2 amide bonds. The van der Waals surface area contributed by atoms with Crippen LogP contribution in [0.5, 0.6) is 0 Å². The van der Waals surface area contributed by atoms with Gasteiger partial charge in [-0.2, -0.15) is 0 Å². The highest BCUT2D eigenvalue weighted by Crippen LogP contribution is 2.33. The number of fused-ring (bicyclic) bond motifs is 1. The van der Waals surface area contributed by atoms with E-state index in [2.05, 4.69) is 23.5 Å². The maximum absolute atomic E-state index is 13.0. The molecule has 0 aliphatic carbocycles. The highest BCUT2D eigenvalue weighted by atomic mass is 16.2. The van der Waals surface area contributed by atoms with Crippen molar-refractivity contribution in [3.8, 4) is 11.1 Å². The maximum Gasteiger partial charge on any atom is 0.227 e. The van der Waals surface area contributed by atoms with Gasteiger partial charge in [0.2, 0.25) is 11.8 Å². The molecule has 1 fully saturated rings. The fourth-order valence-corrected chi connectivity index (χ4v) is 4.70. The van der Waals surface area contributed by atoms with Crippen LogP contribution in [0.3, 0.4) is 0 Å². The summed E-state index contributed by atoms with van der Waals surface area (Å²) in [5.74, 6) is 0.105. The van der Waals surface area contributed by atoms with Crippen molar-refractivity contribution in [1.82, 2.24) is 10.3 Å². The van der Waals surface area contributed by atoms with Crippen molar-refractivity contribution in [1.29, 1.82) is 0 Å². The Bertz CT molecular complexity index is 1360. The van der Waals surface area contributed by atoms with Gasteiger partial charge in [-0.05, 0) is 53.8 Å². The molecular formula is C29H27N3O2. The fraction of sp³-hybridized carbons (Fsp3) is 0.207. The van der Waals surface area contributed by atoms with E-state index in [0.717, 1.165) is 57.5 Å². The predicted octanol–water partition coefficient (Wildman–Crippen LogP) is 5.20. The number of hydrogen-bond acceptors (Lipinski definition) is 3. The van der Waals surface area contributed by atoms with Gasteiger partial charge < -0.3 is 10.2 Å². The second-order valence-corrected chi connectivity index (χ2v) is 8.71. The van der Waals surface area contributed by atoms with Crippen molar-refractivity contribution in [2.24, 2.45) is 0 Å². The van der Waals surface area contributed by atoms with Crippen molar-refractivity contribution in [2.75, 3.05) is 11.4 Å². The fourth-order valence-electron chi connectivity index (χ4n) is 4.70. The van der Waals surface area contributed by atoms with Crippen molar-refractivity contribution in [2.45, 2.75) is 32.7 Å². The first-order valence-corrected chi connectivity index (χ1v) is 11.7. The smallest absolute Gasteiger partial charge is 0.227 e. The molecule has 0 spiro atoms. The molecule has 0 atom stereocenters. The third-order valence-corrected chi connectivity index (χ3v) is 6.39. The van der Waals surface area contributed by atoms with Crippen molar-refractivity contribution >= 4 is 28.4 Å². The summed E-state index contributed by atoms with van der Waals surface area (Å²) >= 11 is 0. The molecule has 2 heterocycles. The van der Waals surface area contributed by atoms with Gasteiger partial charge in [-0.25, -0.2) is 0 Å². The molecule has 34 heavy (non-hydrogen) atoms. The summed E-state index contributed by atoms with van der Waals surface area (Å²) in [6.45, 7) is 3.14. The van der Waals surface area contributed by atoms with Crippen LogP contribution >= 0.6 is 0 Å². The first kappa shape index (κ1) is 21.8. The number of para-hydroxylation sites is 1. The molecule has 1 aromatic heterocycles. The molecule has 0 bridgehead atoms. The minimum atomic E-state index is -0.0555. The lowest BCUT2D eigenvalue weighted by Crippen LogP contribution is -2.26. The van der Waals surface area contributed by atoms with Gasteiger partial charge in [0.25, 0.3) is 0 Å². The van der Waals surface area contributed by atoms with Gasteiger partial charge in [0.05, 0.1) is 11.9 Å². The topological polar surface area (TPSA) is 62.3 Å². The van der Waals surface area contributed by atoms with Crippen molar-refractivity contribution in [3.05, 3.63) is 95.7 Å². The molecule has 4 aromatic rings. The van der Waals surface area contributed by atoms with E-state index >= 15 is 0 Å². The van der Waals surface area contributed by atoms with Crippen LogP contribution in [0.25, 0.3) is 22.0 Å². The number of amides is 2. The summed E-state index contributed by atoms with van der Waals surface area (Å²) in [6.07, 6.45) is 1.74. The number of aromatic nitrogens is 1. The SMILES string of the molecule is Cc1nc2ccccc2c(-c2ccccc2)c1CC(=O)NCc1cccc(N2CCCC2=O)c1. The summed E-state index contributed by atoms with van der Waals surface area (Å²) in [5, 5.41) is 4.11. The van der Waals surface area contributed by atoms with E-state index in [1.165, 1.54) is 0 Å². The molecule has 0 unspecified atom stereocenters. The van der Waals surface area contributed by atoms with Crippen molar-refractivity contribution in [3.63, 3.8) is 0 Å². The highest BCUT2D eigenvalue weighted by molar-refractivity contribution is 5.98.